The molecule has 0 saturated heterocycles. The Morgan fingerprint density at radius 3 is 2.31 bits per heavy atom. The SMILES string of the molecule is Cl.NCC(=O)Nc1ccc(N)cc1. The van der Waals surface area contributed by atoms with Gasteiger partial charge in [-0.25, -0.2) is 0 Å². The summed E-state index contributed by atoms with van der Waals surface area (Å²) in [5.41, 5.74) is 11.9. The molecular formula is C8H12ClN3O. The molecule has 5 N–H and O–H groups in total. The molecule has 0 atom stereocenters. The molecule has 0 bridgehead atoms. The molecule has 0 radical (unpaired) electrons. The fourth-order valence-corrected chi connectivity index (χ4v) is 0.778. The van der Waals surface area contributed by atoms with Gasteiger partial charge in [-0.2, -0.15) is 0 Å². The lowest BCUT2D eigenvalue weighted by Gasteiger charge is -2.02. The Labute approximate surface area is 82.7 Å². The van der Waals surface area contributed by atoms with Crippen molar-refractivity contribution in [1.29, 1.82) is 0 Å². The minimum Gasteiger partial charge on any atom is -0.399 e. The Morgan fingerprint density at radius 1 is 1.31 bits per heavy atom. The van der Waals surface area contributed by atoms with Crippen LogP contribution in [0.15, 0.2) is 24.3 Å². The summed E-state index contributed by atoms with van der Waals surface area (Å²) >= 11 is 0. The van der Waals surface area contributed by atoms with Crippen molar-refractivity contribution in [3.8, 4) is 0 Å². The number of rotatable bonds is 2. The van der Waals surface area contributed by atoms with E-state index in [1.807, 2.05) is 0 Å². The minimum atomic E-state index is -0.209. The van der Waals surface area contributed by atoms with Gasteiger partial charge in [0.2, 0.25) is 5.91 Å². The molecule has 1 amide bonds. The van der Waals surface area contributed by atoms with E-state index in [1.54, 1.807) is 24.3 Å². The van der Waals surface area contributed by atoms with Crippen molar-refractivity contribution in [3.63, 3.8) is 0 Å². The molecule has 1 aromatic carbocycles. The molecule has 72 valence electrons. The van der Waals surface area contributed by atoms with Crippen LogP contribution in [0.2, 0.25) is 0 Å². The molecule has 4 nitrogen and oxygen atoms in total. The molecule has 1 rings (SSSR count). The van der Waals surface area contributed by atoms with Gasteiger partial charge in [-0.3, -0.25) is 4.79 Å². The quantitative estimate of drug-likeness (QED) is 0.613. The average molecular weight is 202 g/mol. The van der Waals surface area contributed by atoms with E-state index in [1.165, 1.54) is 0 Å². The number of halogens is 1. The first-order chi connectivity index (χ1) is 5.72. The molecule has 0 saturated carbocycles. The number of nitrogens with one attached hydrogen (secondary N) is 1. The van der Waals surface area contributed by atoms with Gasteiger partial charge in [-0.15, -0.1) is 12.4 Å². The first-order valence-corrected chi connectivity index (χ1v) is 3.58. The third-order valence-corrected chi connectivity index (χ3v) is 1.38. The van der Waals surface area contributed by atoms with Gasteiger partial charge in [-0.1, -0.05) is 0 Å². The van der Waals surface area contributed by atoms with E-state index < -0.39 is 0 Å². The first kappa shape index (κ1) is 11.7. The highest BCUT2D eigenvalue weighted by Crippen LogP contribution is 2.09. The predicted molar refractivity (Wildman–Crippen MR) is 55.8 cm³/mol. The second-order valence-corrected chi connectivity index (χ2v) is 2.37. The van der Waals surface area contributed by atoms with Crippen LogP contribution in [-0.2, 0) is 4.79 Å². The minimum absolute atomic E-state index is 0. The summed E-state index contributed by atoms with van der Waals surface area (Å²) in [5, 5.41) is 2.60. The summed E-state index contributed by atoms with van der Waals surface area (Å²) in [5.74, 6) is -0.209. The maximum absolute atomic E-state index is 10.8. The highest BCUT2D eigenvalue weighted by atomic mass is 35.5. The van der Waals surface area contributed by atoms with Crippen molar-refractivity contribution >= 4 is 29.7 Å². The van der Waals surface area contributed by atoms with Crippen molar-refractivity contribution in [2.75, 3.05) is 17.6 Å². The van der Waals surface area contributed by atoms with E-state index in [0.717, 1.165) is 0 Å². The molecule has 0 heterocycles. The van der Waals surface area contributed by atoms with Gasteiger partial charge in [0, 0.05) is 11.4 Å². The summed E-state index contributed by atoms with van der Waals surface area (Å²) in [6, 6.07) is 6.88. The number of amides is 1. The van der Waals surface area contributed by atoms with Crippen molar-refractivity contribution in [1.82, 2.24) is 0 Å². The monoisotopic (exact) mass is 201 g/mol. The molecule has 13 heavy (non-hydrogen) atoms. The van der Waals surface area contributed by atoms with Crippen LogP contribution < -0.4 is 16.8 Å². The van der Waals surface area contributed by atoms with Gasteiger partial charge in [0.1, 0.15) is 0 Å². The molecular weight excluding hydrogens is 190 g/mol. The molecule has 0 aromatic heterocycles. The fourth-order valence-electron chi connectivity index (χ4n) is 0.778. The van der Waals surface area contributed by atoms with E-state index in [0.29, 0.717) is 11.4 Å². The highest BCUT2D eigenvalue weighted by molar-refractivity contribution is 5.92. The Morgan fingerprint density at radius 2 is 1.85 bits per heavy atom. The first-order valence-electron chi connectivity index (χ1n) is 3.58. The van der Waals surface area contributed by atoms with Gasteiger partial charge >= 0.3 is 0 Å². The van der Waals surface area contributed by atoms with Crippen molar-refractivity contribution in [2.45, 2.75) is 0 Å². The summed E-state index contributed by atoms with van der Waals surface area (Å²) in [6.07, 6.45) is 0. The van der Waals surface area contributed by atoms with E-state index >= 15 is 0 Å². The van der Waals surface area contributed by atoms with Crippen LogP contribution in [0.25, 0.3) is 0 Å². The molecule has 1 aromatic rings. The predicted octanol–water partition coefficient (Wildman–Crippen LogP) is 0.588. The number of carbonyl (C=O) groups is 1. The molecule has 0 aliphatic heterocycles. The second kappa shape index (κ2) is 5.40. The smallest absolute Gasteiger partial charge is 0.238 e. The van der Waals surface area contributed by atoms with Crippen LogP contribution in [-0.4, -0.2) is 12.5 Å². The number of benzene rings is 1. The second-order valence-electron chi connectivity index (χ2n) is 2.37. The number of carbonyl (C=O) groups excluding carboxylic acids is 1. The van der Waals surface area contributed by atoms with Gasteiger partial charge in [0.05, 0.1) is 6.54 Å². The zero-order valence-corrected chi connectivity index (χ0v) is 7.80. The van der Waals surface area contributed by atoms with Crippen LogP contribution in [0.1, 0.15) is 0 Å². The normalized spacial score (nSPS) is 8.69. The summed E-state index contributed by atoms with van der Waals surface area (Å²) in [4.78, 5) is 10.8. The van der Waals surface area contributed by atoms with Crippen molar-refractivity contribution < 1.29 is 4.79 Å². The van der Waals surface area contributed by atoms with Crippen LogP contribution in [0.3, 0.4) is 0 Å². The molecule has 0 fully saturated rings. The van der Waals surface area contributed by atoms with Crippen LogP contribution in [0.4, 0.5) is 11.4 Å². The number of nitrogen functional groups attached to an aromatic ring is 1. The van der Waals surface area contributed by atoms with E-state index in [2.05, 4.69) is 5.32 Å². The molecule has 0 unspecified atom stereocenters. The fraction of sp³-hybridized carbons (Fsp3) is 0.125. The van der Waals surface area contributed by atoms with Crippen LogP contribution in [0, 0.1) is 0 Å². The Kier molecular flexibility index (Phi) is 4.87. The molecule has 5 heteroatoms. The average Bonchev–Trinajstić information content (AvgIpc) is 2.09. The van der Waals surface area contributed by atoms with Crippen molar-refractivity contribution in [3.05, 3.63) is 24.3 Å². The Hall–Kier alpha value is -1.26. The zero-order chi connectivity index (χ0) is 8.97. The lowest BCUT2D eigenvalue weighted by atomic mass is 10.3. The number of anilines is 2. The van der Waals surface area contributed by atoms with Gasteiger partial charge in [0.15, 0.2) is 0 Å². The lowest BCUT2D eigenvalue weighted by molar-refractivity contribution is -0.114. The largest absolute Gasteiger partial charge is 0.399 e. The third-order valence-electron chi connectivity index (χ3n) is 1.38. The third kappa shape index (κ3) is 3.78. The zero-order valence-electron chi connectivity index (χ0n) is 6.99. The van der Waals surface area contributed by atoms with E-state index in [-0.39, 0.29) is 24.9 Å². The van der Waals surface area contributed by atoms with Crippen LogP contribution >= 0.6 is 12.4 Å². The van der Waals surface area contributed by atoms with Gasteiger partial charge < -0.3 is 16.8 Å². The standard InChI is InChI=1S/C8H11N3O.ClH/c9-5-8(12)11-7-3-1-6(10)2-4-7;/h1-4H,5,9-10H2,(H,11,12);1H. The lowest BCUT2D eigenvalue weighted by Crippen LogP contribution is -2.21. The number of nitrogens with two attached hydrogens (primary N) is 2. The Balaban J connectivity index is 0.00000144. The summed E-state index contributed by atoms with van der Waals surface area (Å²) < 4.78 is 0. The van der Waals surface area contributed by atoms with E-state index in [9.17, 15) is 4.79 Å². The number of hydrogen-bond donors (Lipinski definition) is 3. The highest BCUT2D eigenvalue weighted by Gasteiger charge is 1.96. The number of hydrogen-bond acceptors (Lipinski definition) is 3. The Bertz CT molecular complexity index is 273. The van der Waals surface area contributed by atoms with E-state index in [4.69, 9.17) is 11.5 Å². The topological polar surface area (TPSA) is 81.1 Å². The van der Waals surface area contributed by atoms with Gasteiger partial charge in [0.25, 0.3) is 0 Å². The van der Waals surface area contributed by atoms with Gasteiger partial charge in [-0.05, 0) is 24.3 Å². The molecule has 0 aliphatic carbocycles. The maximum atomic E-state index is 10.8. The van der Waals surface area contributed by atoms with Crippen LogP contribution in [0.5, 0.6) is 0 Å². The molecule has 0 aliphatic rings. The maximum Gasteiger partial charge on any atom is 0.238 e. The summed E-state index contributed by atoms with van der Waals surface area (Å²) in [6.45, 7) is -0.00955. The molecule has 0 spiro atoms. The summed E-state index contributed by atoms with van der Waals surface area (Å²) in [7, 11) is 0. The van der Waals surface area contributed by atoms with Crippen molar-refractivity contribution in [2.24, 2.45) is 5.73 Å².